The fraction of sp³-hybridized carbons (Fsp3) is 0.364. The third-order valence-corrected chi connectivity index (χ3v) is 5.98. The molecular weight excluding hydrogens is 549 g/mol. The summed E-state index contributed by atoms with van der Waals surface area (Å²) in [6.45, 7) is -2.03. The van der Waals surface area contributed by atoms with E-state index in [1.54, 1.807) is 0 Å². The molecule has 4 rings (SSSR count). The van der Waals surface area contributed by atoms with E-state index in [4.69, 9.17) is 11.6 Å². The van der Waals surface area contributed by atoms with Crippen molar-refractivity contribution in [3.63, 3.8) is 0 Å². The molecule has 16 heteroatoms. The monoisotopic (exact) mass is 564 g/mol. The van der Waals surface area contributed by atoms with Gasteiger partial charge >= 0.3 is 18.5 Å². The lowest BCUT2D eigenvalue weighted by atomic mass is 10.1. The molecule has 0 unspecified atom stereocenters. The second-order valence-corrected chi connectivity index (χ2v) is 8.90. The summed E-state index contributed by atoms with van der Waals surface area (Å²) in [4.78, 5) is 12.6. The fourth-order valence-electron chi connectivity index (χ4n) is 3.47. The minimum Gasteiger partial charge on any atom is -0.469 e. The van der Waals surface area contributed by atoms with Crippen LogP contribution in [0, 0.1) is 11.3 Å². The number of nitrogens with one attached hydrogen (secondary N) is 1. The van der Waals surface area contributed by atoms with Crippen molar-refractivity contribution in [2.45, 2.75) is 36.9 Å². The second kappa shape index (κ2) is 9.50. The Kier molecular flexibility index (Phi) is 6.81. The summed E-state index contributed by atoms with van der Waals surface area (Å²) in [5.41, 5.74) is -1.99. The van der Waals surface area contributed by atoms with Crippen LogP contribution in [0.15, 0.2) is 30.6 Å². The first-order valence-electron chi connectivity index (χ1n) is 10.7. The number of rotatable bonds is 8. The number of nitrogens with zero attached hydrogens (tertiary/aromatic N) is 5. The quantitative estimate of drug-likeness (QED) is 0.388. The minimum atomic E-state index is -5.18. The van der Waals surface area contributed by atoms with Gasteiger partial charge < -0.3 is 10.1 Å². The molecule has 0 radical (unpaired) electrons. The Hall–Kier alpha value is -3.80. The highest BCUT2D eigenvalue weighted by molar-refractivity contribution is 6.34. The van der Waals surface area contributed by atoms with Crippen molar-refractivity contribution < 1.29 is 40.3 Å². The van der Waals surface area contributed by atoms with Crippen LogP contribution in [0.2, 0.25) is 5.02 Å². The van der Waals surface area contributed by atoms with Crippen molar-refractivity contribution >= 4 is 17.5 Å². The number of alkyl halides is 7. The van der Waals surface area contributed by atoms with Crippen LogP contribution in [0.25, 0.3) is 16.9 Å². The zero-order valence-electron chi connectivity index (χ0n) is 19.2. The molecular formula is C22H16ClF7N6O2. The molecule has 1 fully saturated rings. The highest BCUT2D eigenvalue weighted by Gasteiger charge is 2.46. The van der Waals surface area contributed by atoms with Gasteiger partial charge in [0.05, 0.1) is 22.9 Å². The number of aromatic nitrogens is 4. The van der Waals surface area contributed by atoms with Gasteiger partial charge in [0.2, 0.25) is 5.88 Å². The molecule has 1 aliphatic carbocycles. The summed E-state index contributed by atoms with van der Waals surface area (Å²) in [5.74, 6) is -7.39. The Bertz CT molecular complexity index is 1420. The van der Waals surface area contributed by atoms with Crippen molar-refractivity contribution in [2.24, 2.45) is 7.05 Å². The lowest BCUT2D eigenvalue weighted by Gasteiger charge is -2.16. The Morgan fingerprint density at radius 2 is 1.95 bits per heavy atom. The van der Waals surface area contributed by atoms with Gasteiger partial charge in [0.1, 0.15) is 5.54 Å². The predicted octanol–water partition coefficient (Wildman–Crippen LogP) is 5.01. The lowest BCUT2D eigenvalue weighted by Crippen LogP contribution is -2.35. The Balaban J connectivity index is 1.67. The average molecular weight is 565 g/mol. The standard InChI is InChI=1S/C22H16ClF7N6O2/c1-35-18(15(22(28,29)30)17(34-35)38-10-21(26,27)19(24)25)36-8-12(7-32-36)11-2-3-14(23)13(6-11)16(37)33-20(9-31)4-5-20/h2-3,6-8,19H,4-5,10H2,1H3,(H,33,37). The van der Waals surface area contributed by atoms with Crippen LogP contribution < -0.4 is 10.1 Å². The van der Waals surface area contributed by atoms with E-state index in [1.807, 2.05) is 6.07 Å². The molecule has 0 spiro atoms. The first-order valence-corrected chi connectivity index (χ1v) is 11.1. The molecule has 2 heterocycles. The highest BCUT2D eigenvalue weighted by atomic mass is 35.5. The Labute approximate surface area is 214 Å². The maximum absolute atomic E-state index is 13.9. The predicted molar refractivity (Wildman–Crippen MR) is 117 cm³/mol. The number of halogens is 8. The maximum Gasteiger partial charge on any atom is 0.425 e. The van der Waals surface area contributed by atoms with Gasteiger partial charge in [-0.1, -0.05) is 17.7 Å². The Morgan fingerprint density at radius 1 is 1.26 bits per heavy atom. The summed E-state index contributed by atoms with van der Waals surface area (Å²) < 4.78 is 98.8. The molecule has 1 aromatic carbocycles. The molecule has 1 amide bonds. The number of aryl methyl sites for hydroxylation is 1. The van der Waals surface area contributed by atoms with Crippen LogP contribution in [-0.4, -0.2) is 50.0 Å². The van der Waals surface area contributed by atoms with Crippen molar-refractivity contribution in [1.29, 1.82) is 5.26 Å². The number of ether oxygens (including phenoxy) is 1. The first-order chi connectivity index (χ1) is 17.7. The van der Waals surface area contributed by atoms with E-state index >= 15 is 0 Å². The first kappa shape index (κ1) is 27.2. The molecule has 3 aromatic rings. The second-order valence-electron chi connectivity index (χ2n) is 8.49. The number of carbonyl (C=O) groups is 1. The van der Waals surface area contributed by atoms with E-state index in [0.717, 1.165) is 17.9 Å². The van der Waals surface area contributed by atoms with Crippen LogP contribution in [0.5, 0.6) is 5.88 Å². The van der Waals surface area contributed by atoms with Crippen molar-refractivity contribution in [2.75, 3.05) is 6.61 Å². The number of carbonyl (C=O) groups excluding carboxylic acids is 1. The van der Waals surface area contributed by atoms with E-state index in [2.05, 4.69) is 20.3 Å². The van der Waals surface area contributed by atoms with E-state index in [-0.39, 0.29) is 16.1 Å². The van der Waals surface area contributed by atoms with Crippen molar-refractivity contribution in [1.82, 2.24) is 24.9 Å². The molecule has 1 aliphatic rings. The molecule has 0 saturated heterocycles. The summed E-state index contributed by atoms with van der Waals surface area (Å²) in [6.07, 6.45) is -6.06. The van der Waals surface area contributed by atoms with Gasteiger partial charge in [0, 0.05) is 18.8 Å². The lowest BCUT2D eigenvalue weighted by molar-refractivity contribution is -0.154. The molecule has 0 atom stereocenters. The molecule has 38 heavy (non-hydrogen) atoms. The zero-order chi connectivity index (χ0) is 28.0. The van der Waals surface area contributed by atoms with Crippen LogP contribution in [0.1, 0.15) is 28.8 Å². The normalized spacial score (nSPS) is 14.9. The van der Waals surface area contributed by atoms with Gasteiger partial charge in [-0.25, -0.2) is 18.1 Å². The number of hydrogen-bond donors (Lipinski definition) is 1. The van der Waals surface area contributed by atoms with E-state index in [9.17, 15) is 40.8 Å². The third kappa shape index (κ3) is 5.26. The molecule has 0 aliphatic heterocycles. The van der Waals surface area contributed by atoms with Crippen LogP contribution in [0.3, 0.4) is 0 Å². The van der Waals surface area contributed by atoms with Crippen LogP contribution in [0.4, 0.5) is 30.7 Å². The third-order valence-electron chi connectivity index (χ3n) is 5.65. The summed E-state index contributed by atoms with van der Waals surface area (Å²) >= 11 is 6.13. The number of amides is 1. The number of hydrogen-bond acceptors (Lipinski definition) is 5. The summed E-state index contributed by atoms with van der Waals surface area (Å²) in [7, 11) is 1.05. The van der Waals surface area contributed by atoms with Crippen LogP contribution in [-0.2, 0) is 13.2 Å². The highest BCUT2D eigenvalue weighted by Crippen LogP contribution is 2.41. The van der Waals surface area contributed by atoms with E-state index in [0.29, 0.717) is 23.1 Å². The van der Waals surface area contributed by atoms with Gasteiger partial charge in [0.15, 0.2) is 18.0 Å². The van der Waals surface area contributed by atoms with Gasteiger partial charge in [-0.3, -0.25) is 4.79 Å². The average Bonchev–Trinajstić information content (AvgIpc) is 3.27. The SMILES string of the molecule is Cn1nc(OCC(F)(F)C(F)F)c(C(F)(F)F)c1-n1cc(-c2ccc(Cl)c(C(=O)NC3(C#N)CC3)c2)cn1. The summed E-state index contributed by atoms with van der Waals surface area (Å²) in [5, 5.41) is 19.2. The summed E-state index contributed by atoms with van der Waals surface area (Å²) in [6, 6.07) is 6.24. The van der Waals surface area contributed by atoms with Crippen molar-refractivity contribution in [3.8, 4) is 28.9 Å². The molecule has 0 bridgehead atoms. The molecule has 1 N–H and O–H groups in total. The van der Waals surface area contributed by atoms with Gasteiger partial charge in [0.25, 0.3) is 5.91 Å². The van der Waals surface area contributed by atoms with Gasteiger partial charge in [-0.05, 0) is 30.5 Å². The van der Waals surface area contributed by atoms with E-state index in [1.165, 1.54) is 24.4 Å². The number of benzene rings is 1. The van der Waals surface area contributed by atoms with Gasteiger partial charge in [-0.2, -0.15) is 32.3 Å². The van der Waals surface area contributed by atoms with Crippen molar-refractivity contribution in [3.05, 3.63) is 46.7 Å². The molecule has 2 aromatic heterocycles. The maximum atomic E-state index is 13.9. The zero-order valence-corrected chi connectivity index (χ0v) is 19.9. The van der Waals surface area contributed by atoms with Gasteiger partial charge in [-0.15, -0.1) is 5.10 Å². The Morgan fingerprint density at radius 3 is 2.53 bits per heavy atom. The fourth-order valence-corrected chi connectivity index (χ4v) is 3.67. The molecule has 1 saturated carbocycles. The molecule has 8 nitrogen and oxygen atoms in total. The molecule has 202 valence electrons. The van der Waals surface area contributed by atoms with E-state index < -0.39 is 53.8 Å². The minimum absolute atomic E-state index is 0.0191. The number of nitriles is 1. The largest absolute Gasteiger partial charge is 0.469 e. The smallest absolute Gasteiger partial charge is 0.425 e. The van der Waals surface area contributed by atoms with Crippen LogP contribution >= 0.6 is 11.6 Å². The topological polar surface area (TPSA) is 97.8 Å².